The lowest BCUT2D eigenvalue weighted by Crippen LogP contribution is -2.17. The summed E-state index contributed by atoms with van der Waals surface area (Å²) in [5, 5.41) is 15.3. The third-order valence-electron chi connectivity index (χ3n) is 4.14. The van der Waals surface area contributed by atoms with E-state index in [2.05, 4.69) is 10.3 Å². The van der Waals surface area contributed by atoms with E-state index >= 15 is 0 Å². The second kappa shape index (κ2) is 9.01. The van der Waals surface area contributed by atoms with Crippen LogP contribution < -0.4 is 10.1 Å². The Bertz CT molecular complexity index is 1160. The first kappa shape index (κ1) is 21.4. The Hall–Kier alpha value is -3.31. The van der Waals surface area contributed by atoms with E-state index < -0.39 is 20.7 Å². The normalized spacial score (nSPS) is 11.1. The van der Waals surface area contributed by atoms with Crippen molar-refractivity contribution in [2.75, 3.05) is 18.2 Å². The first-order chi connectivity index (χ1) is 14.3. The SMILES string of the molecule is COc1ccc(S(=O)(=O)CCC(=O)Nc2nc(-c3ccc([N+](=O)[O-])cc3)cs2)cc1. The average Bonchev–Trinajstić information content (AvgIpc) is 3.21. The van der Waals surface area contributed by atoms with Crippen LogP contribution in [0.1, 0.15) is 6.42 Å². The van der Waals surface area contributed by atoms with Gasteiger partial charge in [-0.05, 0) is 36.4 Å². The lowest BCUT2D eigenvalue weighted by atomic mass is 10.1. The molecule has 30 heavy (non-hydrogen) atoms. The van der Waals surface area contributed by atoms with Crippen LogP contribution >= 0.6 is 11.3 Å². The molecule has 0 aliphatic heterocycles. The maximum atomic E-state index is 12.4. The number of carbonyl (C=O) groups is 1. The summed E-state index contributed by atoms with van der Waals surface area (Å²) in [5.41, 5.74) is 1.19. The molecule has 3 rings (SSSR count). The van der Waals surface area contributed by atoms with Crippen LogP contribution in [0.25, 0.3) is 11.3 Å². The molecule has 1 heterocycles. The van der Waals surface area contributed by atoms with Crippen molar-refractivity contribution in [3.05, 3.63) is 64.0 Å². The van der Waals surface area contributed by atoms with Crippen LogP contribution in [0.2, 0.25) is 0 Å². The summed E-state index contributed by atoms with van der Waals surface area (Å²) in [4.78, 5) is 26.8. The highest BCUT2D eigenvalue weighted by atomic mass is 32.2. The van der Waals surface area contributed by atoms with Crippen LogP contribution in [0.4, 0.5) is 10.8 Å². The van der Waals surface area contributed by atoms with Gasteiger partial charge in [-0.3, -0.25) is 14.9 Å². The van der Waals surface area contributed by atoms with Crippen molar-refractivity contribution in [1.29, 1.82) is 0 Å². The average molecular weight is 447 g/mol. The summed E-state index contributed by atoms with van der Waals surface area (Å²) in [6, 6.07) is 11.8. The highest BCUT2D eigenvalue weighted by Crippen LogP contribution is 2.26. The standard InChI is InChI=1S/C19H17N3O6S2/c1-28-15-6-8-16(9-7-15)30(26,27)11-10-18(23)21-19-20-17(12-29-19)13-2-4-14(5-3-13)22(24)25/h2-9,12H,10-11H2,1H3,(H,20,21,23). The minimum absolute atomic E-state index is 0.0272. The lowest BCUT2D eigenvalue weighted by molar-refractivity contribution is -0.384. The van der Waals surface area contributed by atoms with Crippen LogP contribution in [0.15, 0.2) is 58.8 Å². The number of nitro groups is 1. The highest BCUT2D eigenvalue weighted by Gasteiger charge is 2.17. The van der Waals surface area contributed by atoms with E-state index in [4.69, 9.17) is 4.74 Å². The number of nitro benzene ring substituents is 1. The first-order valence-electron chi connectivity index (χ1n) is 8.65. The zero-order chi connectivity index (χ0) is 21.7. The van der Waals surface area contributed by atoms with E-state index in [1.807, 2.05) is 0 Å². The monoisotopic (exact) mass is 447 g/mol. The molecule has 9 nitrogen and oxygen atoms in total. The number of hydrogen-bond acceptors (Lipinski definition) is 8. The van der Waals surface area contributed by atoms with E-state index in [0.29, 0.717) is 22.1 Å². The molecule has 0 aliphatic carbocycles. The molecule has 1 N–H and O–H groups in total. The predicted molar refractivity (Wildman–Crippen MR) is 112 cm³/mol. The zero-order valence-electron chi connectivity index (χ0n) is 15.8. The summed E-state index contributed by atoms with van der Waals surface area (Å²) in [6.45, 7) is 0. The molecule has 3 aromatic rings. The minimum atomic E-state index is -3.61. The number of methoxy groups -OCH3 is 1. The Morgan fingerprint density at radius 3 is 2.43 bits per heavy atom. The zero-order valence-corrected chi connectivity index (χ0v) is 17.4. The van der Waals surface area contributed by atoms with Crippen molar-refractivity contribution in [2.45, 2.75) is 11.3 Å². The Labute approximate surface area is 176 Å². The predicted octanol–water partition coefficient (Wildman–Crippen LogP) is 3.53. The third-order valence-corrected chi connectivity index (χ3v) is 6.63. The van der Waals surface area contributed by atoms with Crippen molar-refractivity contribution in [3.63, 3.8) is 0 Å². The lowest BCUT2D eigenvalue weighted by Gasteiger charge is -2.06. The summed E-state index contributed by atoms with van der Waals surface area (Å²) in [5.74, 6) is -0.276. The van der Waals surface area contributed by atoms with Crippen molar-refractivity contribution in [2.24, 2.45) is 0 Å². The number of nitrogens with zero attached hydrogens (tertiary/aromatic N) is 2. The molecule has 0 spiro atoms. The van der Waals surface area contributed by atoms with E-state index in [0.717, 1.165) is 0 Å². The van der Waals surface area contributed by atoms with Crippen molar-refractivity contribution in [1.82, 2.24) is 4.98 Å². The second-order valence-corrected chi connectivity index (χ2v) is 9.10. The van der Waals surface area contributed by atoms with E-state index in [1.165, 1.54) is 42.7 Å². The molecule has 156 valence electrons. The molecule has 0 aliphatic rings. The molecule has 11 heteroatoms. The quantitative estimate of drug-likeness (QED) is 0.413. The third kappa shape index (κ3) is 5.19. The molecular formula is C19H17N3O6S2. The number of ether oxygens (including phenoxy) is 1. The molecule has 0 saturated carbocycles. The van der Waals surface area contributed by atoms with E-state index in [-0.39, 0.29) is 22.8 Å². The number of sulfone groups is 1. The van der Waals surface area contributed by atoms with Gasteiger partial charge in [0.05, 0.1) is 28.4 Å². The molecule has 1 amide bonds. The first-order valence-corrected chi connectivity index (χ1v) is 11.2. The largest absolute Gasteiger partial charge is 0.497 e. The van der Waals surface area contributed by atoms with Gasteiger partial charge in [-0.2, -0.15) is 0 Å². The van der Waals surface area contributed by atoms with Gasteiger partial charge in [0, 0.05) is 29.5 Å². The van der Waals surface area contributed by atoms with Gasteiger partial charge in [0.15, 0.2) is 15.0 Å². The van der Waals surface area contributed by atoms with Gasteiger partial charge in [0.25, 0.3) is 5.69 Å². The second-order valence-electron chi connectivity index (χ2n) is 6.13. The van der Waals surface area contributed by atoms with Crippen LogP contribution in [-0.4, -0.2) is 37.1 Å². The van der Waals surface area contributed by atoms with Crippen molar-refractivity contribution < 1.29 is 22.9 Å². The number of rotatable bonds is 8. The van der Waals surface area contributed by atoms with Gasteiger partial charge in [-0.25, -0.2) is 13.4 Å². The van der Waals surface area contributed by atoms with Gasteiger partial charge >= 0.3 is 0 Å². The molecule has 1 aromatic heterocycles. The highest BCUT2D eigenvalue weighted by molar-refractivity contribution is 7.91. The molecule has 0 atom stereocenters. The molecule has 0 radical (unpaired) electrons. The summed E-state index contributed by atoms with van der Waals surface area (Å²) in [6.07, 6.45) is -0.221. The number of aromatic nitrogens is 1. The van der Waals surface area contributed by atoms with Gasteiger partial charge in [-0.1, -0.05) is 0 Å². The van der Waals surface area contributed by atoms with Crippen LogP contribution in [0.3, 0.4) is 0 Å². The van der Waals surface area contributed by atoms with Gasteiger partial charge in [-0.15, -0.1) is 11.3 Å². The number of thiazole rings is 1. The summed E-state index contributed by atoms with van der Waals surface area (Å²) in [7, 11) is -2.12. The number of nitrogens with one attached hydrogen (secondary N) is 1. The smallest absolute Gasteiger partial charge is 0.269 e. The minimum Gasteiger partial charge on any atom is -0.497 e. The van der Waals surface area contributed by atoms with Crippen molar-refractivity contribution >= 4 is 37.9 Å². The fraction of sp³-hybridized carbons (Fsp3) is 0.158. The maximum absolute atomic E-state index is 12.4. The van der Waals surface area contributed by atoms with Crippen LogP contribution in [0, 0.1) is 10.1 Å². The number of carbonyl (C=O) groups excluding carboxylic acids is 1. The number of benzene rings is 2. The number of anilines is 1. The molecule has 0 unspecified atom stereocenters. The van der Waals surface area contributed by atoms with Gasteiger partial charge in [0.2, 0.25) is 5.91 Å². The Morgan fingerprint density at radius 2 is 1.83 bits per heavy atom. The topological polar surface area (TPSA) is 128 Å². The number of hydrogen-bond donors (Lipinski definition) is 1. The van der Waals surface area contributed by atoms with E-state index in [9.17, 15) is 23.3 Å². The Balaban J connectivity index is 1.59. The number of amides is 1. The summed E-state index contributed by atoms with van der Waals surface area (Å²) < 4.78 is 29.7. The Morgan fingerprint density at radius 1 is 1.17 bits per heavy atom. The maximum Gasteiger partial charge on any atom is 0.269 e. The van der Waals surface area contributed by atoms with Gasteiger partial charge < -0.3 is 10.1 Å². The van der Waals surface area contributed by atoms with Crippen LogP contribution in [0.5, 0.6) is 5.75 Å². The molecule has 0 bridgehead atoms. The molecule has 2 aromatic carbocycles. The van der Waals surface area contributed by atoms with Crippen LogP contribution in [-0.2, 0) is 14.6 Å². The van der Waals surface area contributed by atoms with Gasteiger partial charge in [0.1, 0.15) is 5.75 Å². The van der Waals surface area contributed by atoms with E-state index in [1.54, 1.807) is 29.6 Å². The van der Waals surface area contributed by atoms with Crippen molar-refractivity contribution in [3.8, 4) is 17.0 Å². The molecule has 0 fully saturated rings. The number of non-ortho nitro benzene ring substituents is 1. The fourth-order valence-corrected chi connectivity index (χ4v) is 4.50. The Kier molecular flexibility index (Phi) is 6.43. The fourth-order valence-electron chi connectivity index (χ4n) is 2.53. The molecule has 0 saturated heterocycles. The summed E-state index contributed by atoms with van der Waals surface area (Å²) >= 11 is 1.18. The molecular weight excluding hydrogens is 430 g/mol.